The molecule has 0 bridgehead atoms. The SMILES string of the molecule is COC1(Cn2ccc3c2CCCC3O)CCC1. The van der Waals surface area contributed by atoms with Gasteiger partial charge in [-0.3, -0.25) is 0 Å². The fraction of sp³-hybridized carbons (Fsp3) is 0.714. The Balaban J connectivity index is 1.84. The molecule has 0 amide bonds. The van der Waals surface area contributed by atoms with Crippen molar-refractivity contribution in [1.82, 2.24) is 4.57 Å². The molecule has 1 aromatic rings. The Labute approximate surface area is 102 Å². The van der Waals surface area contributed by atoms with Gasteiger partial charge in [-0.05, 0) is 44.6 Å². The number of nitrogens with zero attached hydrogens (tertiary/aromatic N) is 1. The van der Waals surface area contributed by atoms with Gasteiger partial charge in [0.2, 0.25) is 0 Å². The lowest BCUT2D eigenvalue weighted by atomic mass is 9.79. The van der Waals surface area contributed by atoms with Gasteiger partial charge in [0.25, 0.3) is 0 Å². The predicted molar refractivity (Wildman–Crippen MR) is 65.9 cm³/mol. The molecule has 1 unspecified atom stereocenters. The van der Waals surface area contributed by atoms with Crippen molar-refractivity contribution < 1.29 is 9.84 Å². The van der Waals surface area contributed by atoms with Gasteiger partial charge in [0.1, 0.15) is 0 Å². The smallest absolute Gasteiger partial charge is 0.0856 e. The van der Waals surface area contributed by atoms with Crippen LogP contribution in [0.3, 0.4) is 0 Å². The van der Waals surface area contributed by atoms with Crippen LogP contribution >= 0.6 is 0 Å². The Hall–Kier alpha value is -0.800. The number of fused-ring (bicyclic) bond motifs is 1. The summed E-state index contributed by atoms with van der Waals surface area (Å²) < 4.78 is 7.99. The molecule has 1 N–H and O–H groups in total. The van der Waals surface area contributed by atoms with Crippen LogP contribution in [0.5, 0.6) is 0 Å². The van der Waals surface area contributed by atoms with Crippen LogP contribution in [0.25, 0.3) is 0 Å². The molecule has 3 heteroatoms. The Bertz CT molecular complexity index is 401. The molecule has 1 atom stereocenters. The van der Waals surface area contributed by atoms with Gasteiger partial charge in [-0.25, -0.2) is 0 Å². The van der Waals surface area contributed by atoms with Gasteiger partial charge in [0.15, 0.2) is 0 Å². The minimum absolute atomic E-state index is 0.0647. The summed E-state index contributed by atoms with van der Waals surface area (Å²) in [6.45, 7) is 0.950. The van der Waals surface area contributed by atoms with Crippen molar-refractivity contribution in [2.45, 2.75) is 56.8 Å². The monoisotopic (exact) mass is 235 g/mol. The predicted octanol–water partition coefficient (Wildman–Crippen LogP) is 2.43. The molecule has 17 heavy (non-hydrogen) atoms. The van der Waals surface area contributed by atoms with E-state index in [1.807, 2.05) is 7.11 Å². The third kappa shape index (κ3) is 1.81. The molecule has 2 aliphatic carbocycles. The lowest BCUT2D eigenvalue weighted by Crippen LogP contribution is -2.43. The summed E-state index contributed by atoms with van der Waals surface area (Å²) in [7, 11) is 1.82. The van der Waals surface area contributed by atoms with Gasteiger partial charge in [0.05, 0.1) is 18.2 Å². The van der Waals surface area contributed by atoms with Crippen LogP contribution in [-0.4, -0.2) is 22.4 Å². The summed E-state index contributed by atoms with van der Waals surface area (Å²) in [6, 6.07) is 2.08. The van der Waals surface area contributed by atoms with Crippen molar-refractivity contribution in [1.29, 1.82) is 0 Å². The fourth-order valence-electron chi connectivity index (χ4n) is 3.19. The molecular weight excluding hydrogens is 214 g/mol. The molecule has 2 aliphatic rings. The van der Waals surface area contributed by atoms with E-state index in [-0.39, 0.29) is 11.7 Å². The molecule has 0 aliphatic heterocycles. The van der Waals surface area contributed by atoms with E-state index in [0.29, 0.717) is 0 Å². The Morgan fingerprint density at radius 3 is 2.94 bits per heavy atom. The number of rotatable bonds is 3. The first kappa shape index (κ1) is 11.3. The van der Waals surface area contributed by atoms with Gasteiger partial charge in [-0.1, -0.05) is 0 Å². The van der Waals surface area contributed by atoms with Crippen molar-refractivity contribution in [3.8, 4) is 0 Å². The van der Waals surface area contributed by atoms with Crippen LogP contribution in [0, 0.1) is 0 Å². The molecular formula is C14H21NO2. The molecule has 0 saturated heterocycles. The molecule has 0 radical (unpaired) electrons. The van der Waals surface area contributed by atoms with E-state index in [1.54, 1.807) is 0 Å². The number of aliphatic hydroxyl groups excluding tert-OH is 1. The number of hydrogen-bond acceptors (Lipinski definition) is 2. The van der Waals surface area contributed by atoms with Gasteiger partial charge >= 0.3 is 0 Å². The summed E-state index contributed by atoms with van der Waals surface area (Å²) >= 11 is 0. The number of aliphatic hydroxyl groups is 1. The molecule has 1 heterocycles. The highest BCUT2D eigenvalue weighted by atomic mass is 16.5. The van der Waals surface area contributed by atoms with E-state index < -0.39 is 0 Å². The van der Waals surface area contributed by atoms with Gasteiger partial charge in [-0.2, -0.15) is 0 Å². The van der Waals surface area contributed by atoms with Gasteiger partial charge < -0.3 is 14.4 Å². The standard InChI is InChI=1S/C14H21NO2/c1-17-14(7-3-8-14)10-15-9-6-11-12(15)4-2-5-13(11)16/h6,9,13,16H,2-5,7-8,10H2,1H3. The first-order valence-electron chi connectivity index (χ1n) is 6.65. The fourth-order valence-corrected chi connectivity index (χ4v) is 3.19. The van der Waals surface area contributed by atoms with Crippen LogP contribution in [0.2, 0.25) is 0 Å². The molecule has 1 saturated carbocycles. The van der Waals surface area contributed by atoms with Crippen molar-refractivity contribution >= 4 is 0 Å². The van der Waals surface area contributed by atoms with Crippen LogP contribution in [0.15, 0.2) is 12.3 Å². The minimum Gasteiger partial charge on any atom is -0.388 e. The summed E-state index contributed by atoms with van der Waals surface area (Å²) in [4.78, 5) is 0. The molecule has 3 rings (SSSR count). The molecule has 0 aromatic carbocycles. The Kier molecular flexibility index (Phi) is 2.75. The van der Waals surface area contributed by atoms with Crippen molar-refractivity contribution in [2.24, 2.45) is 0 Å². The van der Waals surface area contributed by atoms with Crippen LogP contribution in [0.4, 0.5) is 0 Å². The van der Waals surface area contributed by atoms with Crippen molar-refractivity contribution in [2.75, 3.05) is 7.11 Å². The third-order valence-electron chi connectivity index (χ3n) is 4.52. The lowest BCUT2D eigenvalue weighted by Gasteiger charge is -2.41. The van der Waals surface area contributed by atoms with Crippen molar-refractivity contribution in [3.63, 3.8) is 0 Å². The second-order valence-corrected chi connectivity index (χ2v) is 5.49. The van der Waals surface area contributed by atoms with Gasteiger partial charge in [-0.15, -0.1) is 0 Å². The van der Waals surface area contributed by atoms with Gasteiger partial charge in [0, 0.05) is 24.6 Å². The van der Waals surface area contributed by atoms with E-state index in [9.17, 15) is 5.11 Å². The summed E-state index contributed by atoms with van der Waals surface area (Å²) in [5.74, 6) is 0. The zero-order valence-corrected chi connectivity index (χ0v) is 10.5. The molecule has 94 valence electrons. The first-order valence-corrected chi connectivity index (χ1v) is 6.65. The molecule has 0 spiro atoms. The summed E-state index contributed by atoms with van der Waals surface area (Å²) in [5, 5.41) is 9.96. The highest BCUT2D eigenvalue weighted by Crippen LogP contribution is 2.38. The second kappa shape index (κ2) is 4.14. The number of aromatic nitrogens is 1. The average Bonchev–Trinajstić information content (AvgIpc) is 2.68. The van der Waals surface area contributed by atoms with Crippen LogP contribution in [0.1, 0.15) is 49.5 Å². The molecule has 1 fully saturated rings. The van der Waals surface area contributed by atoms with E-state index in [2.05, 4.69) is 16.8 Å². The average molecular weight is 235 g/mol. The zero-order valence-electron chi connectivity index (χ0n) is 10.5. The maximum atomic E-state index is 9.96. The van der Waals surface area contributed by atoms with E-state index >= 15 is 0 Å². The number of methoxy groups -OCH3 is 1. The van der Waals surface area contributed by atoms with Crippen LogP contribution < -0.4 is 0 Å². The number of ether oxygens (including phenoxy) is 1. The highest BCUT2D eigenvalue weighted by Gasteiger charge is 2.38. The largest absolute Gasteiger partial charge is 0.388 e. The van der Waals surface area contributed by atoms with Crippen LogP contribution in [-0.2, 0) is 17.7 Å². The first-order chi connectivity index (χ1) is 8.24. The highest BCUT2D eigenvalue weighted by molar-refractivity contribution is 5.27. The van der Waals surface area contributed by atoms with E-state index in [0.717, 1.165) is 31.4 Å². The topological polar surface area (TPSA) is 34.4 Å². The summed E-state index contributed by atoms with van der Waals surface area (Å²) in [6.07, 6.45) is 8.58. The maximum absolute atomic E-state index is 9.96. The molecule has 1 aromatic heterocycles. The quantitative estimate of drug-likeness (QED) is 0.873. The Morgan fingerprint density at radius 1 is 1.47 bits per heavy atom. The van der Waals surface area contributed by atoms with Crippen molar-refractivity contribution in [3.05, 3.63) is 23.5 Å². The third-order valence-corrected chi connectivity index (χ3v) is 4.52. The normalized spacial score (nSPS) is 26.4. The second-order valence-electron chi connectivity index (χ2n) is 5.49. The Morgan fingerprint density at radius 2 is 2.29 bits per heavy atom. The lowest BCUT2D eigenvalue weighted by molar-refractivity contribution is -0.0839. The summed E-state index contributed by atoms with van der Waals surface area (Å²) in [5.41, 5.74) is 2.53. The molecule has 3 nitrogen and oxygen atoms in total. The van der Waals surface area contributed by atoms with E-state index in [4.69, 9.17) is 4.74 Å². The maximum Gasteiger partial charge on any atom is 0.0856 e. The zero-order chi connectivity index (χ0) is 11.9. The minimum atomic E-state index is -0.250. The van der Waals surface area contributed by atoms with E-state index in [1.165, 1.54) is 25.0 Å². The number of hydrogen-bond donors (Lipinski definition) is 1.